The first-order valence-electron chi connectivity index (χ1n) is 8.70. The van der Waals surface area contributed by atoms with Gasteiger partial charge in [0.15, 0.2) is 0 Å². The summed E-state index contributed by atoms with van der Waals surface area (Å²) in [4.78, 5) is 37.0. The van der Waals surface area contributed by atoms with E-state index in [1.54, 1.807) is 36.4 Å². The Kier molecular flexibility index (Phi) is 6.39. The summed E-state index contributed by atoms with van der Waals surface area (Å²) in [5, 5.41) is 10.7. The first-order chi connectivity index (χ1) is 13.8. The van der Waals surface area contributed by atoms with Crippen molar-refractivity contribution < 1.29 is 19.2 Å². The van der Waals surface area contributed by atoms with Crippen LogP contribution in [0.4, 0.5) is 10.5 Å². The van der Waals surface area contributed by atoms with Crippen LogP contribution in [0.25, 0.3) is 6.08 Å². The minimum Gasteiger partial charge on any atom is -0.490 e. The molecular formula is C20H17BrN2O5S. The summed E-state index contributed by atoms with van der Waals surface area (Å²) in [7, 11) is 0. The Bertz CT molecular complexity index is 1020. The SMILES string of the molecule is CC(C)Oc1ccc(/C=C2\SC(=O)N(Cc3ccccc3[N+](=O)[O-])C2=O)cc1Br. The zero-order chi connectivity index (χ0) is 21.1. The number of amides is 2. The number of hydrogen-bond acceptors (Lipinski definition) is 6. The number of benzene rings is 2. The van der Waals surface area contributed by atoms with E-state index < -0.39 is 16.1 Å². The molecule has 0 spiro atoms. The Labute approximate surface area is 180 Å². The monoisotopic (exact) mass is 476 g/mol. The highest BCUT2D eigenvalue weighted by Gasteiger charge is 2.36. The molecule has 29 heavy (non-hydrogen) atoms. The molecule has 1 saturated heterocycles. The molecular weight excluding hydrogens is 460 g/mol. The standard InChI is InChI=1S/C20H17BrN2O5S/c1-12(2)28-17-8-7-13(9-15(17)21)10-18-19(24)22(20(25)29-18)11-14-5-3-4-6-16(14)23(26)27/h3-10,12H,11H2,1-2H3/b18-10-. The molecule has 150 valence electrons. The van der Waals surface area contributed by atoms with Gasteiger partial charge in [-0.3, -0.25) is 24.6 Å². The van der Waals surface area contributed by atoms with Gasteiger partial charge in [-0.2, -0.15) is 0 Å². The highest BCUT2D eigenvalue weighted by molar-refractivity contribution is 9.10. The third kappa shape index (κ3) is 4.86. The molecule has 0 aliphatic carbocycles. The van der Waals surface area contributed by atoms with E-state index in [1.807, 2.05) is 13.8 Å². The third-order valence-corrected chi connectivity index (χ3v) is 5.53. The lowest BCUT2D eigenvalue weighted by atomic mass is 10.1. The van der Waals surface area contributed by atoms with Gasteiger partial charge in [0.1, 0.15) is 5.75 Å². The van der Waals surface area contributed by atoms with Crippen LogP contribution >= 0.6 is 27.7 Å². The van der Waals surface area contributed by atoms with Gasteiger partial charge in [0, 0.05) is 11.6 Å². The fourth-order valence-corrected chi connectivity index (χ4v) is 4.07. The minimum absolute atomic E-state index is 0.0238. The second kappa shape index (κ2) is 8.79. The number of halogens is 1. The fourth-order valence-electron chi connectivity index (χ4n) is 2.74. The number of para-hydroxylation sites is 1. The number of carbonyl (C=O) groups excluding carboxylic acids is 2. The molecule has 2 aromatic carbocycles. The average Bonchev–Trinajstić information content (AvgIpc) is 2.91. The van der Waals surface area contributed by atoms with Crippen molar-refractivity contribution >= 4 is 50.6 Å². The first kappa shape index (κ1) is 21.1. The molecule has 2 aromatic rings. The lowest BCUT2D eigenvalue weighted by molar-refractivity contribution is -0.385. The van der Waals surface area contributed by atoms with Crippen LogP contribution in [-0.2, 0) is 11.3 Å². The number of nitrogens with zero attached hydrogens (tertiary/aromatic N) is 2. The summed E-state index contributed by atoms with van der Waals surface area (Å²) in [5.74, 6) is 0.207. The van der Waals surface area contributed by atoms with E-state index in [0.717, 1.165) is 26.7 Å². The molecule has 0 atom stereocenters. The average molecular weight is 477 g/mol. The van der Waals surface area contributed by atoms with Crippen molar-refractivity contribution in [3.05, 3.63) is 73.1 Å². The van der Waals surface area contributed by atoms with Crippen molar-refractivity contribution in [2.45, 2.75) is 26.5 Å². The maximum absolute atomic E-state index is 12.7. The maximum atomic E-state index is 12.7. The molecule has 0 saturated carbocycles. The zero-order valence-electron chi connectivity index (χ0n) is 15.6. The number of nitro groups is 1. The summed E-state index contributed by atoms with van der Waals surface area (Å²) in [6.45, 7) is 3.70. The van der Waals surface area contributed by atoms with Crippen LogP contribution in [0, 0.1) is 10.1 Å². The van der Waals surface area contributed by atoms with Crippen LogP contribution in [0.3, 0.4) is 0 Å². The number of imide groups is 1. The van der Waals surface area contributed by atoms with Crippen molar-refractivity contribution in [2.24, 2.45) is 0 Å². The summed E-state index contributed by atoms with van der Waals surface area (Å²) in [5.41, 5.74) is 0.906. The van der Waals surface area contributed by atoms with E-state index in [2.05, 4.69) is 15.9 Å². The lowest BCUT2D eigenvalue weighted by Crippen LogP contribution is -2.27. The molecule has 1 aliphatic rings. The van der Waals surface area contributed by atoms with Gasteiger partial charge in [-0.15, -0.1) is 0 Å². The molecule has 1 aliphatic heterocycles. The molecule has 0 N–H and O–H groups in total. The van der Waals surface area contributed by atoms with Crippen molar-refractivity contribution in [2.75, 3.05) is 0 Å². The van der Waals surface area contributed by atoms with Crippen molar-refractivity contribution in [3.63, 3.8) is 0 Å². The lowest BCUT2D eigenvalue weighted by Gasteiger charge is -2.12. The Morgan fingerprint density at radius 3 is 2.62 bits per heavy atom. The molecule has 9 heteroatoms. The molecule has 1 heterocycles. The van der Waals surface area contributed by atoms with E-state index in [0.29, 0.717) is 11.3 Å². The topological polar surface area (TPSA) is 89.8 Å². The molecule has 0 bridgehead atoms. The second-order valence-electron chi connectivity index (χ2n) is 6.51. The fraction of sp³-hybridized carbons (Fsp3) is 0.200. The number of carbonyl (C=O) groups is 2. The molecule has 7 nitrogen and oxygen atoms in total. The number of thioether (sulfide) groups is 1. The summed E-state index contributed by atoms with van der Waals surface area (Å²) < 4.78 is 6.40. The number of ether oxygens (including phenoxy) is 1. The maximum Gasteiger partial charge on any atom is 0.293 e. The molecule has 0 aromatic heterocycles. The van der Waals surface area contributed by atoms with Crippen LogP contribution in [-0.4, -0.2) is 27.1 Å². The summed E-state index contributed by atoms with van der Waals surface area (Å²) in [6.07, 6.45) is 1.64. The van der Waals surface area contributed by atoms with Gasteiger partial charge in [-0.1, -0.05) is 24.3 Å². The van der Waals surface area contributed by atoms with E-state index in [-0.39, 0.29) is 23.2 Å². The Morgan fingerprint density at radius 1 is 1.24 bits per heavy atom. The van der Waals surface area contributed by atoms with Gasteiger partial charge in [-0.05, 0) is 65.3 Å². The highest BCUT2D eigenvalue weighted by Crippen LogP contribution is 2.35. The number of nitro benzene ring substituents is 1. The van der Waals surface area contributed by atoms with Crippen LogP contribution in [0.1, 0.15) is 25.0 Å². The second-order valence-corrected chi connectivity index (χ2v) is 8.36. The van der Waals surface area contributed by atoms with E-state index in [9.17, 15) is 19.7 Å². The van der Waals surface area contributed by atoms with E-state index >= 15 is 0 Å². The number of hydrogen-bond donors (Lipinski definition) is 0. The van der Waals surface area contributed by atoms with Crippen molar-refractivity contribution in [1.82, 2.24) is 4.90 Å². The Morgan fingerprint density at radius 2 is 1.97 bits per heavy atom. The van der Waals surface area contributed by atoms with E-state index in [4.69, 9.17) is 4.74 Å². The van der Waals surface area contributed by atoms with Gasteiger partial charge >= 0.3 is 0 Å². The highest BCUT2D eigenvalue weighted by atomic mass is 79.9. The van der Waals surface area contributed by atoms with Crippen LogP contribution < -0.4 is 4.74 Å². The Balaban J connectivity index is 1.82. The smallest absolute Gasteiger partial charge is 0.293 e. The minimum atomic E-state index is -0.525. The van der Waals surface area contributed by atoms with Gasteiger partial charge in [0.2, 0.25) is 0 Å². The predicted molar refractivity (Wildman–Crippen MR) is 115 cm³/mol. The molecule has 1 fully saturated rings. The first-order valence-corrected chi connectivity index (χ1v) is 10.3. The van der Waals surface area contributed by atoms with E-state index in [1.165, 1.54) is 12.1 Å². The van der Waals surface area contributed by atoms with Crippen molar-refractivity contribution in [3.8, 4) is 5.75 Å². The molecule has 0 unspecified atom stereocenters. The summed E-state index contributed by atoms with van der Waals surface area (Å²) in [6, 6.07) is 11.4. The molecule has 2 amide bonds. The van der Waals surface area contributed by atoms with Crippen LogP contribution in [0.5, 0.6) is 5.75 Å². The van der Waals surface area contributed by atoms with Crippen molar-refractivity contribution in [1.29, 1.82) is 0 Å². The Hall–Kier alpha value is -2.65. The molecule has 3 rings (SSSR count). The van der Waals surface area contributed by atoms with Gasteiger partial charge in [-0.25, -0.2) is 0 Å². The van der Waals surface area contributed by atoms with Crippen LogP contribution in [0.15, 0.2) is 51.8 Å². The largest absolute Gasteiger partial charge is 0.490 e. The molecule has 0 radical (unpaired) electrons. The third-order valence-electron chi connectivity index (χ3n) is 4.01. The number of rotatable bonds is 6. The van der Waals surface area contributed by atoms with Gasteiger partial charge < -0.3 is 4.74 Å². The quantitative estimate of drug-likeness (QED) is 0.315. The van der Waals surface area contributed by atoms with Gasteiger partial charge in [0.25, 0.3) is 16.8 Å². The summed E-state index contributed by atoms with van der Waals surface area (Å²) >= 11 is 4.26. The van der Waals surface area contributed by atoms with Gasteiger partial charge in [0.05, 0.1) is 26.9 Å². The van der Waals surface area contributed by atoms with Crippen LogP contribution in [0.2, 0.25) is 0 Å². The normalized spacial score (nSPS) is 15.4. The zero-order valence-corrected chi connectivity index (χ0v) is 18.0. The predicted octanol–water partition coefficient (Wildman–Crippen LogP) is 5.38.